The Labute approximate surface area is 168 Å². The zero-order valence-electron chi connectivity index (χ0n) is 16.2. The first-order chi connectivity index (χ1) is 13.7. The second-order valence-electron chi connectivity index (χ2n) is 6.90. The first-order valence-electron chi connectivity index (χ1n) is 9.65. The van der Waals surface area contributed by atoms with Gasteiger partial charge in [0.15, 0.2) is 5.13 Å². The van der Waals surface area contributed by atoms with Gasteiger partial charge in [0.2, 0.25) is 0 Å². The molecule has 1 fully saturated rings. The summed E-state index contributed by atoms with van der Waals surface area (Å²) in [5, 5.41) is 0.703. The molecule has 0 N–H and O–H groups in total. The summed E-state index contributed by atoms with van der Waals surface area (Å²) in [5.74, 6) is 0.460. The number of fused-ring (bicyclic) bond motifs is 1. The van der Waals surface area contributed by atoms with E-state index in [0.717, 1.165) is 36.1 Å². The highest BCUT2D eigenvalue weighted by molar-refractivity contribution is 7.22. The van der Waals surface area contributed by atoms with Gasteiger partial charge >= 0.3 is 0 Å². The summed E-state index contributed by atoms with van der Waals surface area (Å²) in [7, 11) is 1.58. The van der Waals surface area contributed by atoms with Gasteiger partial charge in [-0.1, -0.05) is 36.5 Å². The van der Waals surface area contributed by atoms with Crippen LogP contribution >= 0.6 is 11.3 Å². The van der Waals surface area contributed by atoms with E-state index in [0.29, 0.717) is 23.0 Å². The van der Waals surface area contributed by atoms with Crippen LogP contribution in [0.2, 0.25) is 0 Å². The van der Waals surface area contributed by atoms with E-state index in [1.807, 2.05) is 24.3 Å². The van der Waals surface area contributed by atoms with Crippen LogP contribution in [0.1, 0.15) is 35.7 Å². The number of ether oxygens (including phenoxy) is 2. The summed E-state index contributed by atoms with van der Waals surface area (Å²) < 4.78 is 12.3. The molecule has 2 heterocycles. The smallest absolute Gasteiger partial charge is 0.263 e. The summed E-state index contributed by atoms with van der Waals surface area (Å²) in [5.41, 5.74) is 2.73. The minimum atomic E-state index is -0.109. The molecule has 1 aliphatic heterocycles. The van der Waals surface area contributed by atoms with Gasteiger partial charge in [0.25, 0.3) is 5.91 Å². The van der Waals surface area contributed by atoms with E-state index in [1.165, 1.54) is 5.56 Å². The first-order valence-corrected chi connectivity index (χ1v) is 10.5. The zero-order chi connectivity index (χ0) is 19.5. The van der Waals surface area contributed by atoms with E-state index in [4.69, 9.17) is 14.5 Å². The Morgan fingerprint density at radius 2 is 2.18 bits per heavy atom. The van der Waals surface area contributed by atoms with Crippen molar-refractivity contribution in [2.45, 2.75) is 32.3 Å². The third kappa shape index (κ3) is 3.75. The molecule has 6 heteroatoms. The fourth-order valence-electron chi connectivity index (χ4n) is 3.50. The highest BCUT2D eigenvalue weighted by atomic mass is 32.1. The molecule has 1 saturated heterocycles. The number of benzene rings is 2. The van der Waals surface area contributed by atoms with Gasteiger partial charge in [-0.3, -0.25) is 9.69 Å². The van der Waals surface area contributed by atoms with Crippen LogP contribution in [0.25, 0.3) is 10.2 Å². The number of carbonyl (C=O) groups excluding carboxylic acids is 1. The summed E-state index contributed by atoms with van der Waals surface area (Å²) in [6.45, 7) is 3.39. The number of anilines is 1. The van der Waals surface area contributed by atoms with Gasteiger partial charge in [-0.25, -0.2) is 4.98 Å². The topological polar surface area (TPSA) is 51.7 Å². The molecule has 2 aromatic carbocycles. The third-order valence-electron chi connectivity index (χ3n) is 5.07. The van der Waals surface area contributed by atoms with E-state index >= 15 is 0 Å². The molecule has 0 bridgehead atoms. The molecule has 1 unspecified atom stereocenters. The fourth-order valence-corrected chi connectivity index (χ4v) is 4.54. The van der Waals surface area contributed by atoms with Crippen LogP contribution in [-0.4, -0.2) is 37.3 Å². The summed E-state index contributed by atoms with van der Waals surface area (Å²) in [6, 6.07) is 13.6. The molecule has 0 radical (unpaired) electrons. The number of thiazole rings is 1. The third-order valence-corrected chi connectivity index (χ3v) is 6.11. The van der Waals surface area contributed by atoms with Gasteiger partial charge in [-0.05, 0) is 49.1 Å². The van der Waals surface area contributed by atoms with E-state index in [2.05, 4.69) is 19.1 Å². The maximum Gasteiger partial charge on any atom is 0.263 e. The molecule has 5 nitrogen and oxygen atoms in total. The second-order valence-corrected chi connectivity index (χ2v) is 7.91. The number of aromatic nitrogens is 1. The van der Waals surface area contributed by atoms with E-state index in [1.54, 1.807) is 29.4 Å². The maximum absolute atomic E-state index is 13.5. The van der Waals surface area contributed by atoms with Gasteiger partial charge < -0.3 is 9.47 Å². The summed E-state index contributed by atoms with van der Waals surface area (Å²) in [6.07, 6.45) is 3.00. The Balaban J connectivity index is 1.73. The van der Waals surface area contributed by atoms with Crippen LogP contribution in [0, 0.1) is 0 Å². The molecule has 3 aromatic rings. The Hall–Kier alpha value is -2.44. The largest absolute Gasteiger partial charge is 0.496 e. The predicted molar refractivity (Wildman–Crippen MR) is 113 cm³/mol. The maximum atomic E-state index is 13.5. The number of carbonyl (C=O) groups is 1. The normalized spacial score (nSPS) is 16.4. The number of aryl methyl sites for hydroxylation is 1. The fraction of sp³-hybridized carbons (Fsp3) is 0.364. The van der Waals surface area contributed by atoms with E-state index in [9.17, 15) is 4.79 Å². The molecule has 0 saturated carbocycles. The number of hydrogen-bond acceptors (Lipinski definition) is 5. The lowest BCUT2D eigenvalue weighted by atomic mass is 10.1. The molecule has 146 valence electrons. The van der Waals surface area contributed by atoms with Crippen molar-refractivity contribution in [1.29, 1.82) is 0 Å². The van der Waals surface area contributed by atoms with Gasteiger partial charge in [0.1, 0.15) is 5.75 Å². The standard InChI is InChI=1S/C22H24N2O3S/c1-3-15-10-11-18-20(13-15)28-22(23-18)24(14-16-7-6-12-27-16)21(25)17-8-4-5-9-19(17)26-2/h4-5,8-11,13,16H,3,6-7,12,14H2,1-2H3. The Morgan fingerprint density at radius 3 is 2.93 bits per heavy atom. The van der Waals surface area contributed by atoms with E-state index in [-0.39, 0.29) is 12.0 Å². The van der Waals surface area contributed by atoms with Crippen molar-refractivity contribution in [2.24, 2.45) is 0 Å². The lowest BCUT2D eigenvalue weighted by Gasteiger charge is -2.23. The molecule has 0 aliphatic carbocycles. The monoisotopic (exact) mass is 396 g/mol. The van der Waals surface area contributed by atoms with Crippen LogP contribution in [0.5, 0.6) is 5.75 Å². The van der Waals surface area contributed by atoms with Crippen LogP contribution in [-0.2, 0) is 11.2 Å². The van der Waals surface area contributed by atoms with Crippen LogP contribution in [0.4, 0.5) is 5.13 Å². The number of para-hydroxylation sites is 1. The van der Waals surface area contributed by atoms with Crippen molar-refractivity contribution in [3.05, 3.63) is 53.6 Å². The van der Waals surface area contributed by atoms with Crippen molar-refractivity contribution in [3.8, 4) is 5.75 Å². The highest BCUT2D eigenvalue weighted by Gasteiger charge is 2.28. The lowest BCUT2D eigenvalue weighted by molar-refractivity contribution is 0.0915. The van der Waals surface area contributed by atoms with E-state index < -0.39 is 0 Å². The minimum absolute atomic E-state index is 0.0388. The molecule has 1 aromatic heterocycles. The highest BCUT2D eigenvalue weighted by Crippen LogP contribution is 2.32. The molecule has 28 heavy (non-hydrogen) atoms. The van der Waals surface area contributed by atoms with Gasteiger partial charge in [0, 0.05) is 6.61 Å². The summed E-state index contributed by atoms with van der Waals surface area (Å²) in [4.78, 5) is 20.0. The molecule has 1 atom stereocenters. The molecule has 1 aliphatic rings. The quantitative estimate of drug-likeness (QED) is 0.606. The Bertz CT molecular complexity index is 979. The van der Waals surface area contributed by atoms with Crippen molar-refractivity contribution in [2.75, 3.05) is 25.2 Å². The Morgan fingerprint density at radius 1 is 1.32 bits per heavy atom. The van der Waals surface area contributed by atoms with Crippen LogP contribution in [0.3, 0.4) is 0 Å². The van der Waals surface area contributed by atoms with Gasteiger partial charge in [-0.15, -0.1) is 0 Å². The number of rotatable bonds is 6. The van der Waals surface area contributed by atoms with Crippen LogP contribution < -0.4 is 9.64 Å². The van der Waals surface area contributed by atoms with Crippen LogP contribution in [0.15, 0.2) is 42.5 Å². The minimum Gasteiger partial charge on any atom is -0.496 e. The second kappa shape index (κ2) is 8.29. The van der Waals surface area contributed by atoms with Gasteiger partial charge in [-0.2, -0.15) is 0 Å². The van der Waals surface area contributed by atoms with Gasteiger partial charge in [0.05, 0.1) is 35.5 Å². The molecule has 0 spiro atoms. The molecule has 4 rings (SSSR count). The average molecular weight is 397 g/mol. The summed E-state index contributed by atoms with van der Waals surface area (Å²) >= 11 is 1.55. The van der Waals surface area contributed by atoms with Crippen molar-refractivity contribution in [3.63, 3.8) is 0 Å². The molecular formula is C22H24N2O3S. The average Bonchev–Trinajstić information content (AvgIpc) is 3.40. The Kier molecular flexibility index (Phi) is 5.59. The van der Waals surface area contributed by atoms with Crippen molar-refractivity contribution < 1.29 is 14.3 Å². The number of methoxy groups -OCH3 is 1. The number of amides is 1. The molecule has 1 amide bonds. The number of hydrogen-bond donors (Lipinski definition) is 0. The zero-order valence-corrected chi connectivity index (χ0v) is 17.0. The number of nitrogens with zero attached hydrogens (tertiary/aromatic N) is 2. The first kappa shape index (κ1) is 18.9. The molecular weight excluding hydrogens is 372 g/mol. The SMILES string of the molecule is CCc1ccc2nc(N(CC3CCCO3)C(=O)c3ccccc3OC)sc2c1. The lowest BCUT2D eigenvalue weighted by Crippen LogP contribution is -2.37. The predicted octanol–water partition coefficient (Wildman–Crippen LogP) is 4.69. The van der Waals surface area contributed by atoms with Crippen molar-refractivity contribution >= 4 is 32.6 Å². The van der Waals surface area contributed by atoms with Crippen molar-refractivity contribution in [1.82, 2.24) is 4.98 Å².